The Hall–Kier alpha value is -0.890. The van der Waals surface area contributed by atoms with Crippen LogP contribution in [-0.4, -0.2) is 18.2 Å². The van der Waals surface area contributed by atoms with E-state index in [0.717, 1.165) is 19.4 Å². The molecule has 0 bridgehead atoms. The van der Waals surface area contributed by atoms with Gasteiger partial charge in [0.15, 0.2) is 0 Å². The third-order valence-electron chi connectivity index (χ3n) is 3.55. The summed E-state index contributed by atoms with van der Waals surface area (Å²) in [6.45, 7) is 5.75. The number of hydrogen-bond acceptors (Lipinski definition) is 4. The zero-order valence-electron chi connectivity index (χ0n) is 11.0. The van der Waals surface area contributed by atoms with E-state index in [2.05, 4.69) is 36.7 Å². The second kappa shape index (κ2) is 5.83. The third-order valence-corrected chi connectivity index (χ3v) is 4.43. The normalized spacial score (nSPS) is 28.2. The first-order valence-electron chi connectivity index (χ1n) is 6.45. The van der Waals surface area contributed by atoms with Crippen molar-refractivity contribution in [1.82, 2.24) is 5.32 Å². The number of nitrogens with zero attached hydrogens (tertiary/aromatic N) is 1. The first-order valence-corrected chi connectivity index (χ1v) is 7.33. The number of ether oxygens (including phenoxy) is 1. The van der Waals surface area contributed by atoms with Crippen molar-refractivity contribution in [1.29, 1.82) is 5.26 Å². The van der Waals surface area contributed by atoms with E-state index >= 15 is 0 Å². The van der Waals surface area contributed by atoms with Crippen molar-refractivity contribution in [2.75, 3.05) is 6.61 Å². The Kier molecular flexibility index (Phi) is 4.39. The molecule has 1 aromatic rings. The molecule has 0 aromatic carbocycles. The smallest absolute Gasteiger partial charge is 0.111 e. The summed E-state index contributed by atoms with van der Waals surface area (Å²) in [7, 11) is 0. The molecule has 0 aliphatic carbocycles. The Morgan fingerprint density at radius 3 is 3.11 bits per heavy atom. The molecule has 0 amide bonds. The van der Waals surface area contributed by atoms with Crippen molar-refractivity contribution < 1.29 is 4.74 Å². The average molecular weight is 264 g/mol. The molecule has 3 nitrogen and oxygen atoms in total. The standard InChI is InChI=1S/C14H20N2OS/c1-11(2)13-8-14(10-15,5-6-17-13)16-9-12-4-3-7-18-12/h3-4,7,11,13,16H,5-6,8-9H2,1-2H3. The van der Waals surface area contributed by atoms with Gasteiger partial charge >= 0.3 is 0 Å². The molecule has 1 saturated heterocycles. The fourth-order valence-corrected chi connectivity index (χ4v) is 2.93. The minimum atomic E-state index is -0.419. The topological polar surface area (TPSA) is 45.0 Å². The van der Waals surface area contributed by atoms with Gasteiger partial charge in [0.1, 0.15) is 5.54 Å². The van der Waals surface area contributed by atoms with E-state index in [1.165, 1.54) is 4.88 Å². The van der Waals surface area contributed by atoms with Gasteiger partial charge in [0.2, 0.25) is 0 Å². The number of nitriles is 1. The SMILES string of the molecule is CC(C)C1CC(C#N)(NCc2cccs2)CCO1. The molecule has 2 unspecified atom stereocenters. The Morgan fingerprint density at radius 2 is 2.50 bits per heavy atom. The van der Waals surface area contributed by atoms with Crippen molar-refractivity contribution in [3.8, 4) is 6.07 Å². The van der Waals surface area contributed by atoms with Crippen LogP contribution in [0, 0.1) is 17.2 Å². The lowest BCUT2D eigenvalue weighted by Crippen LogP contribution is -2.51. The highest BCUT2D eigenvalue weighted by Gasteiger charge is 2.37. The van der Waals surface area contributed by atoms with E-state index in [1.54, 1.807) is 11.3 Å². The highest BCUT2D eigenvalue weighted by atomic mass is 32.1. The molecule has 0 saturated carbocycles. The highest BCUT2D eigenvalue weighted by Crippen LogP contribution is 2.28. The Labute approximate surface area is 113 Å². The predicted molar refractivity (Wildman–Crippen MR) is 73.3 cm³/mol. The van der Waals surface area contributed by atoms with Gasteiger partial charge < -0.3 is 4.74 Å². The van der Waals surface area contributed by atoms with Crippen LogP contribution in [0.1, 0.15) is 31.6 Å². The molecule has 1 N–H and O–H groups in total. The summed E-state index contributed by atoms with van der Waals surface area (Å²) in [5, 5.41) is 15.0. The van der Waals surface area contributed by atoms with Crippen LogP contribution in [0.4, 0.5) is 0 Å². The van der Waals surface area contributed by atoms with Gasteiger partial charge in [0, 0.05) is 30.9 Å². The molecule has 0 spiro atoms. The molecule has 1 fully saturated rings. The first-order chi connectivity index (χ1) is 8.65. The summed E-state index contributed by atoms with van der Waals surface area (Å²) in [5.41, 5.74) is -0.419. The van der Waals surface area contributed by atoms with Gasteiger partial charge in [-0.3, -0.25) is 5.32 Å². The molecule has 1 aliphatic heterocycles. The largest absolute Gasteiger partial charge is 0.378 e. The summed E-state index contributed by atoms with van der Waals surface area (Å²) in [6.07, 6.45) is 1.75. The van der Waals surface area contributed by atoms with Crippen LogP contribution in [0.5, 0.6) is 0 Å². The molecule has 2 atom stereocenters. The fraction of sp³-hybridized carbons (Fsp3) is 0.643. The van der Waals surface area contributed by atoms with Gasteiger partial charge in [-0.1, -0.05) is 19.9 Å². The number of nitrogens with one attached hydrogen (secondary N) is 1. The number of rotatable bonds is 4. The van der Waals surface area contributed by atoms with Gasteiger partial charge in [-0.25, -0.2) is 0 Å². The number of hydrogen-bond donors (Lipinski definition) is 1. The summed E-state index contributed by atoms with van der Waals surface area (Å²) >= 11 is 1.72. The van der Waals surface area contributed by atoms with Crippen molar-refractivity contribution in [2.24, 2.45) is 5.92 Å². The van der Waals surface area contributed by atoms with Crippen LogP contribution in [-0.2, 0) is 11.3 Å². The fourth-order valence-electron chi connectivity index (χ4n) is 2.29. The van der Waals surface area contributed by atoms with Crippen molar-refractivity contribution in [3.05, 3.63) is 22.4 Å². The van der Waals surface area contributed by atoms with E-state index in [9.17, 15) is 5.26 Å². The summed E-state index contributed by atoms with van der Waals surface area (Å²) in [6, 6.07) is 6.62. The monoisotopic (exact) mass is 264 g/mol. The minimum Gasteiger partial charge on any atom is -0.378 e. The van der Waals surface area contributed by atoms with Crippen molar-refractivity contribution in [2.45, 2.75) is 44.9 Å². The molecule has 98 valence electrons. The molecular weight excluding hydrogens is 244 g/mol. The Balaban J connectivity index is 1.99. The maximum absolute atomic E-state index is 9.51. The molecular formula is C14H20N2OS. The van der Waals surface area contributed by atoms with E-state index in [0.29, 0.717) is 12.5 Å². The molecule has 1 aromatic heterocycles. The molecule has 1 aliphatic rings. The van der Waals surface area contributed by atoms with Gasteiger partial charge in [-0.2, -0.15) is 5.26 Å². The quantitative estimate of drug-likeness (QED) is 0.909. The van der Waals surface area contributed by atoms with Crippen LogP contribution in [0.3, 0.4) is 0 Å². The Morgan fingerprint density at radius 1 is 1.67 bits per heavy atom. The predicted octanol–water partition coefficient (Wildman–Crippen LogP) is 2.94. The third kappa shape index (κ3) is 3.11. The van der Waals surface area contributed by atoms with Gasteiger partial charge in [-0.15, -0.1) is 11.3 Å². The van der Waals surface area contributed by atoms with E-state index in [4.69, 9.17) is 4.74 Å². The zero-order valence-corrected chi connectivity index (χ0v) is 11.8. The van der Waals surface area contributed by atoms with Gasteiger partial charge in [-0.05, 0) is 17.4 Å². The number of thiophene rings is 1. The minimum absolute atomic E-state index is 0.189. The first kappa shape index (κ1) is 13.5. The maximum Gasteiger partial charge on any atom is 0.111 e. The lowest BCUT2D eigenvalue weighted by atomic mass is 9.84. The van der Waals surface area contributed by atoms with Crippen LogP contribution < -0.4 is 5.32 Å². The molecule has 0 radical (unpaired) electrons. The average Bonchev–Trinajstić information content (AvgIpc) is 2.90. The van der Waals surface area contributed by atoms with Gasteiger partial charge in [0.05, 0.1) is 12.2 Å². The van der Waals surface area contributed by atoms with Crippen LogP contribution >= 0.6 is 11.3 Å². The van der Waals surface area contributed by atoms with Crippen molar-refractivity contribution in [3.63, 3.8) is 0 Å². The molecule has 18 heavy (non-hydrogen) atoms. The zero-order chi connectivity index (χ0) is 13.0. The second-order valence-electron chi connectivity index (χ2n) is 5.23. The molecule has 2 rings (SSSR count). The summed E-state index contributed by atoms with van der Waals surface area (Å²) in [4.78, 5) is 1.28. The summed E-state index contributed by atoms with van der Waals surface area (Å²) in [5.74, 6) is 0.460. The second-order valence-corrected chi connectivity index (χ2v) is 6.27. The van der Waals surface area contributed by atoms with Crippen LogP contribution in [0.25, 0.3) is 0 Å². The van der Waals surface area contributed by atoms with Crippen LogP contribution in [0.15, 0.2) is 17.5 Å². The molecule has 2 heterocycles. The van der Waals surface area contributed by atoms with Gasteiger partial charge in [0.25, 0.3) is 0 Å². The lowest BCUT2D eigenvalue weighted by Gasteiger charge is -2.38. The maximum atomic E-state index is 9.51. The lowest BCUT2D eigenvalue weighted by molar-refractivity contribution is -0.0388. The van der Waals surface area contributed by atoms with Crippen molar-refractivity contribution >= 4 is 11.3 Å². The van der Waals surface area contributed by atoms with Crippen LogP contribution in [0.2, 0.25) is 0 Å². The van der Waals surface area contributed by atoms with E-state index < -0.39 is 5.54 Å². The highest BCUT2D eigenvalue weighted by molar-refractivity contribution is 7.09. The van der Waals surface area contributed by atoms with E-state index in [1.807, 2.05) is 6.07 Å². The Bertz CT molecular complexity index is 410. The van der Waals surface area contributed by atoms with E-state index in [-0.39, 0.29) is 6.10 Å². The summed E-state index contributed by atoms with van der Waals surface area (Å²) < 4.78 is 5.75. The molecule has 4 heteroatoms.